The molecule has 1 atom stereocenters. The molecular formula is C8H15NO2. The first kappa shape index (κ1) is 10.3. The molecule has 0 aromatic heterocycles. The first-order valence-electron chi connectivity index (χ1n) is 3.94. The van der Waals surface area contributed by atoms with Crippen LogP contribution in [0.4, 0.5) is 0 Å². The molecule has 0 aliphatic rings. The number of ketones is 1. The van der Waals surface area contributed by atoms with Gasteiger partial charge in [0.2, 0.25) is 0 Å². The molecule has 64 valence electrons. The van der Waals surface area contributed by atoms with Gasteiger partial charge in [-0.25, -0.2) is 0 Å². The molecule has 0 bridgehead atoms. The molecule has 0 amide bonds. The van der Waals surface area contributed by atoms with E-state index in [4.69, 9.17) is 5.73 Å². The standard InChI is InChI=1S/C8H15NO2/c1-2-8(11)7(9)5-3-4-6-10/h6-7H,2-5,9H2,1H3. The molecule has 11 heavy (non-hydrogen) atoms. The van der Waals surface area contributed by atoms with Gasteiger partial charge in [-0.1, -0.05) is 6.92 Å². The van der Waals surface area contributed by atoms with Crippen LogP contribution < -0.4 is 5.73 Å². The average Bonchev–Trinajstić information content (AvgIpc) is 2.03. The van der Waals surface area contributed by atoms with Crippen molar-refractivity contribution in [3.63, 3.8) is 0 Å². The summed E-state index contributed by atoms with van der Waals surface area (Å²) in [6, 6.07) is -0.361. The molecule has 3 nitrogen and oxygen atoms in total. The largest absolute Gasteiger partial charge is 0.322 e. The molecule has 0 spiro atoms. The first-order valence-corrected chi connectivity index (χ1v) is 3.94. The third-order valence-electron chi connectivity index (χ3n) is 1.60. The van der Waals surface area contributed by atoms with Crippen molar-refractivity contribution in [2.75, 3.05) is 0 Å². The van der Waals surface area contributed by atoms with E-state index in [2.05, 4.69) is 0 Å². The highest BCUT2D eigenvalue weighted by Gasteiger charge is 2.09. The highest BCUT2D eigenvalue weighted by molar-refractivity contribution is 5.83. The lowest BCUT2D eigenvalue weighted by Crippen LogP contribution is -2.29. The van der Waals surface area contributed by atoms with E-state index < -0.39 is 0 Å². The number of Topliss-reactive ketones (excluding diaryl/α,β-unsaturated/α-hetero) is 1. The van der Waals surface area contributed by atoms with Gasteiger partial charge in [-0.3, -0.25) is 4.79 Å². The van der Waals surface area contributed by atoms with Crippen molar-refractivity contribution in [2.24, 2.45) is 5.73 Å². The SMILES string of the molecule is CCC(=O)C(N)CCCC=O. The Morgan fingerprint density at radius 2 is 2.27 bits per heavy atom. The Morgan fingerprint density at radius 1 is 1.64 bits per heavy atom. The molecule has 0 fully saturated rings. The van der Waals surface area contributed by atoms with Crippen LogP contribution in [0.1, 0.15) is 32.6 Å². The van der Waals surface area contributed by atoms with Crippen LogP contribution in [0.3, 0.4) is 0 Å². The van der Waals surface area contributed by atoms with Crippen LogP contribution in [-0.4, -0.2) is 18.1 Å². The van der Waals surface area contributed by atoms with Gasteiger partial charge in [0.25, 0.3) is 0 Å². The van der Waals surface area contributed by atoms with Gasteiger partial charge in [0.15, 0.2) is 0 Å². The lowest BCUT2D eigenvalue weighted by Gasteiger charge is -2.06. The highest BCUT2D eigenvalue weighted by Crippen LogP contribution is 1.99. The minimum Gasteiger partial charge on any atom is -0.322 e. The topological polar surface area (TPSA) is 60.2 Å². The summed E-state index contributed by atoms with van der Waals surface area (Å²) in [5.41, 5.74) is 5.50. The number of carbonyl (C=O) groups is 2. The highest BCUT2D eigenvalue weighted by atomic mass is 16.1. The van der Waals surface area contributed by atoms with Crippen LogP contribution >= 0.6 is 0 Å². The summed E-state index contributed by atoms with van der Waals surface area (Å²) >= 11 is 0. The first-order chi connectivity index (χ1) is 5.22. The lowest BCUT2D eigenvalue weighted by atomic mass is 10.1. The smallest absolute Gasteiger partial charge is 0.149 e. The van der Waals surface area contributed by atoms with E-state index in [1.165, 1.54) is 0 Å². The van der Waals surface area contributed by atoms with E-state index in [9.17, 15) is 9.59 Å². The predicted octanol–water partition coefficient (Wildman–Crippen LogP) is 0.662. The van der Waals surface area contributed by atoms with Crippen LogP contribution in [0.15, 0.2) is 0 Å². The molecule has 0 aromatic rings. The van der Waals surface area contributed by atoms with E-state index in [1.54, 1.807) is 6.92 Å². The normalized spacial score (nSPS) is 12.5. The molecule has 0 saturated heterocycles. The van der Waals surface area contributed by atoms with E-state index >= 15 is 0 Å². The van der Waals surface area contributed by atoms with Gasteiger partial charge in [0.05, 0.1) is 6.04 Å². The van der Waals surface area contributed by atoms with Gasteiger partial charge >= 0.3 is 0 Å². The molecule has 0 saturated carbocycles. The predicted molar refractivity (Wildman–Crippen MR) is 43.2 cm³/mol. The third kappa shape index (κ3) is 4.67. The average molecular weight is 157 g/mol. The van der Waals surface area contributed by atoms with Crippen molar-refractivity contribution in [2.45, 2.75) is 38.6 Å². The molecule has 1 unspecified atom stereocenters. The van der Waals surface area contributed by atoms with Gasteiger partial charge in [-0.05, 0) is 12.8 Å². The van der Waals surface area contributed by atoms with E-state index in [-0.39, 0.29) is 11.8 Å². The second-order valence-corrected chi connectivity index (χ2v) is 2.52. The molecule has 3 heteroatoms. The summed E-state index contributed by atoms with van der Waals surface area (Å²) < 4.78 is 0. The maximum absolute atomic E-state index is 10.9. The van der Waals surface area contributed by atoms with Crippen LogP contribution in [-0.2, 0) is 9.59 Å². The minimum absolute atomic E-state index is 0.0795. The van der Waals surface area contributed by atoms with Crippen molar-refractivity contribution in [3.05, 3.63) is 0 Å². The Balaban J connectivity index is 3.43. The van der Waals surface area contributed by atoms with E-state index in [0.717, 1.165) is 12.7 Å². The summed E-state index contributed by atoms with van der Waals surface area (Å²) in [5, 5.41) is 0. The Kier molecular flexibility index (Phi) is 5.65. The van der Waals surface area contributed by atoms with E-state index in [0.29, 0.717) is 19.3 Å². The monoisotopic (exact) mass is 157 g/mol. The fraction of sp³-hybridized carbons (Fsp3) is 0.750. The summed E-state index contributed by atoms with van der Waals surface area (Å²) in [5.74, 6) is 0.0795. The number of carbonyl (C=O) groups excluding carboxylic acids is 2. The minimum atomic E-state index is -0.361. The van der Waals surface area contributed by atoms with Crippen LogP contribution in [0, 0.1) is 0 Å². The Labute approximate surface area is 67.0 Å². The van der Waals surface area contributed by atoms with Gasteiger partial charge in [0.1, 0.15) is 12.1 Å². The number of hydrogen-bond acceptors (Lipinski definition) is 3. The third-order valence-corrected chi connectivity index (χ3v) is 1.60. The van der Waals surface area contributed by atoms with Gasteiger partial charge < -0.3 is 10.5 Å². The second kappa shape index (κ2) is 6.04. The summed E-state index contributed by atoms with van der Waals surface area (Å²) in [6.45, 7) is 1.79. The maximum atomic E-state index is 10.9. The van der Waals surface area contributed by atoms with Gasteiger partial charge in [-0.2, -0.15) is 0 Å². The zero-order chi connectivity index (χ0) is 8.69. The van der Waals surface area contributed by atoms with Gasteiger partial charge in [-0.15, -0.1) is 0 Å². The van der Waals surface area contributed by atoms with Crippen molar-refractivity contribution < 1.29 is 9.59 Å². The summed E-state index contributed by atoms with van der Waals surface area (Å²) in [7, 11) is 0. The van der Waals surface area contributed by atoms with Crippen LogP contribution in [0.5, 0.6) is 0 Å². The molecule has 2 N–H and O–H groups in total. The molecule has 0 aliphatic carbocycles. The van der Waals surface area contributed by atoms with Crippen molar-refractivity contribution >= 4 is 12.1 Å². The number of hydrogen-bond donors (Lipinski definition) is 1. The fourth-order valence-corrected chi connectivity index (χ4v) is 0.844. The summed E-state index contributed by atoms with van der Waals surface area (Å²) in [4.78, 5) is 20.8. The molecular weight excluding hydrogens is 142 g/mol. The lowest BCUT2D eigenvalue weighted by molar-refractivity contribution is -0.120. The van der Waals surface area contributed by atoms with Crippen LogP contribution in [0.25, 0.3) is 0 Å². The van der Waals surface area contributed by atoms with Crippen molar-refractivity contribution in [1.29, 1.82) is 0 Å². The van der Waals surface area contributed by atoms with Gasteiger partial charge in [0, 0.05) is 12.8 Å². The summed E-state index contributed by atoms with van der Waals surface area (Å²) in [6.07, 6.45) is 3.19. The fourth-order valence-electron chi connectivity index (χ4n) is 0.844. The number of rotatable bonds is 6. The number of nitrogens with two attached hydrogens (primary N) is 1. The van der Waals surface area contributed by atoms with Crippen LogP contribution in [0.2, 0.25) is 0 Å². The van der Waals surface area contributed by atoms with Crippen molar-refractivity contribution in [1.82, 2.24) is 0 Å². The molecule has 0 rings (SSSR count). The van der Waals surface area contributed by atoms with E-state index in [1.807, 2.05) is 0 Å². The zero-order valence-corrected chi connectivity index (χ0v) is 6.88. The molecule has 0 radical (unpaired) electrons. The Morgan fingerprint density at radius 3 is 2.73 bits per heavy atom. The molecule has 0 heterocycles. The Bertz CT molecular complexity index is 134. The second-order valence-electron chi connectivity index (χ2n) is 2.52. The number of unbranched alkanes of at least 4 members (excludes halogenated alkanes) is 1. The quantitative estimate of drug-likeness (QED) is 0.455. The zero-order valence-electron chi connectivity index (χ0n) is 6.88. The molecule has 0 aromatic carbocycles. The van der Waals surface area contributed by atoms with Crippen molar-refractivity contribution in [3.8, 4) is 0 Å². The molecule has 0 aliphatic heterocycles. The Hall–Kier alpha value is -0.700. The number of aldehydes is 1. The maximum Gasteiger partial charge on any atom is 0.149 e.